The second-order valence-electron chi connectivity index (χ2n) is 4.10. The molecule has 0 atom stereocenters. The molecule has 0 aliphatic rings. The molecule has 0 unspecified atom stereocenters. The quantitative estimate of drug-likeness (QED) is 0.714. The van der Waals surface area contributed by atoms with Crippen molar-refractivity contribution in [1.29, 1.82) is 0 Å². The van der Waals surface area contributed by atoms with Gasteiger partial charge in [0.1, 0.15) is 16.9 Å². The lowest BCUT2D eigenvalue weighted by Crippen LogP contribution is -1.99. The van der Waals surface area contributed by atoms with E-state index in [4.69, 9.17) is 5.11 Å². The molecular weight excluding hydrogens is 276 g/mol. The molecule has 20 heavy (non-hydrogen) atoms. The van der Waals surface area contributed by atoms with Gasteiger partial charge >= 0.3 is 5.97 Å². The van der Waals surface area contributed by atoms with Gasteiger partial charge in [0, 0.05) is 4.90 Å². The molecule has 1 aromatic carbocycles. The monoisotopic (exact) mass is 286 g/mol. The van der Waals surface area contributed by atoms with Gasteiger partial charge in [-0.2, -0.15) is 0 Å². The Kier molecular flexibility index (Phi) is 3.34. The molecule has 0 fully saturated rings. The van der Waals surface area contributed by atoms with E-state index in [1.54, 1.807) is 6.33 Å². The van der Waals surface area contributed by atoms with Crippen LogP contribution in [0, 0.1) is 0 Å². The topological polar surface area (TPSA) is 91.8 Å². The van der Waals surface area contributed by atoms with Crippen LogP contribution in [0.1, 0.15) is 5.56 Å². The predicted molar refractivity (Wildman–Crippen MR) is 73.6 cm³/mol. The highest BCUT2D eigenvalue weighted by Gasteiger charge is 2.08. The molecular formula is C13H10N4O2S. The van der Waals surface area contributed by atoms with Crippen molar-refractivity contribution in [3.63, 3.8) is 0 Å². The van der Waals surface area contributed by atoms with Gasteiger partial charge in [0.25, 0.3) is 0 Å². The van der Waals surface area contributed by atoms with Gasteiger partial charge in [-0.3, -0.25) is 4.79 Å². The van der Waals surface area contributed by atoms with Gasteiger partial charge in [0.15, 0.2) is 5.65 Å². The first-order valence-electron chi connectivity index (χ1n) is 5.85. The first-order chi connectivity index (χ1) is 9.72. The van der Waals surface area contributed by atoms with Crippen LogP contribution >= 0.6 is 11.8 Å². The molecule has 0 radical (unpaired) electrons. The van der Waals surface area contributed by atoms with Crippen molar-refractivity contribution in [1.82, 2.24) is 19.9 Å². The number of rotatable bonds is 4. The fraction of sp³-hybridized carbons (Fsp3) is 0.0769. The normalized spacial score (nSPS) is 10.8. The Hall–Kier alpha value is -2.41. The minimum absolute atomic E-state index is 0.0310. The maximum atomic E-state index is 10.6. The minimum atomic E-state index is -0.833. The van der Waals surface area contributed by atoms with E-state index in [1.165, 1.54) is 18.1 Å². The molecule has 7 heteroatoms. The summed E-state index contributed by atoms with van der Waals surface area (Å²) >= 11 is 1.48. The van der Waals surface area contributed by atoms with E-state index < -0.39 is 5.97 Å². The van der Waals surface area contributed by atoms with E-state index in [1.807, 2.05) is 24.3 Å². The van der Waals surface area contributed by atoms with Gasteiger partial charge in [0.2, 0.25) is 0 Å². The first-order valence-corrected chi connectivity index (χ1v) is 6.67. The SMILES string of the molecule is O=C(O)Cc1ccc(Sc2ncnc3nc[nH]c23)cc1. The Labute approximate surface area is 118 Å². The Bertz CT molecular complexity index is 754. The molecule has 0 spiro atoms. The molecule has 3 aromatic rings. The highest BCUT2D eigenvalue weighted by molar-refractivity contribution is 7.99. The van der Waals surface area contributed by atoms with Crippen LogP contribution in [0.3, 0.4) is 0 Å². The molecule has 0 aliphatic heterocycles. The third-order valence-corrected chi connectivity index (χ3v) is 3.69. The Morgan fingerprint density at radius 1 is 1.20 bits per heavy atom. The van der Waals surface area contributed by atoms with Crippen molar-refractivity contribution in [3.8, 4) is 0 Å². The number of aromatic amines is 1. The number of imidazole rings is 1. The summed E-state index contributed by atoms with van der Waals surface area (Å²) in [4.78, 5) is 27.0. The number of aliphatic carboxylic acids is 1. The summed E-state index contributed by atoms with van der Waals surface area (Å²) in [6.07, 6.45) is 3.09. The van der Waals surface area contributed by atoms with Gasteiger partial charge < -0.3 is 10.1 Å². The Balaban J connectivity index is 1.84. The van der Waals surface area contributed by atoms with Crippen molar-refractivity contribution in [2.75, 3.05) is 0 Å². The van der Waals surface area contributed by atoms with E-state index in [0.29, 0.717) is 5.65 Å². The highest BCUT2D eigenvalue weighted by Crippen LogP contribution is 2.29. The van der Waals surface area contributed by atoms with Crippen LogP contribution in [0.4, 0.5) is 0 Å². The average Bonchev–Trinajstić information content (AvgIpc) is 2.90. The molecule has 0 saturated carbocycles. The maximum Gasteiger partial charge on any atom is 0.307 e. The van der Waals surface area contributed by atoms with Crippen molar-refractivity contribution >= 4 is 28.9 Å². The number of nitrogens with one attached hydrogen (secondary N) is 1. The van der Waals surface area contributed by atoms with Crippen LogP contribution in [-0.4, -0.2) is 31.0 Å². The summed E-state index contributed by atoms with van der Waals surface area (Å²) in [5, 5.41) is 9.52. The van der Waals surface area contributed by atoms with Crippen molar-refractivity contribution in [2.45, 2.75) is 16.3 Å². The summed E-state index contributed by atoms with van der Waals surface area (Å²) in [5.41, 5.74) is 2.20. The van der Waals surface area contributed by atoms with Crippen LogP contribution in [0.5, 0.6) is 0 Å². The number of benzene rings is 1. The Morgan fingerprint density at radius 3 is 2.75 bits per heavy atom. The van der Waals surface area contributed by atoms with Gasteiger partial charge in [-0.25, -0.2) is 15.0 Å². The summed E-state index contributed by atoms with van der Waals surface area (Å²) in [5.74, 6) is -0.833. The van der Waals surface area contributed by atoms with Crippen molar-refractivity contribution in [2.24, 2.45) is 0 Å². The van der Waals surface area contributed by atoms with Gasteiger partial charge in [0.05, 0.1) is 12.7 Å². The third-order valence-electron chi connectivity index (χ3n) is 2.68. The zero-order chi connectivity index (χ0) is 13.9. The second-order valence-corrected chi connectivity index (χ2v) is 5.16. The summed E-state index contributed by atoms with van der Waals surface area (Å²) in [6, 6.07) is 7.38. The fourth-order valence-electron chi connectivity index (χ4n) is 1.78. The van der Waals surface area contributed by atoms with Crippen LogP contribution in [0.15, 0.2) is 46.8 Å². The van der Waals surface area contributed by atoms with Crippen LogP contribution < -0.4 is 0 Å². The lowest BCUT2D eigenvalue weighted by Gasteiger charge is -2.03. The van der Waals surface area contributed by atoms with E-state index in [-0.39, 0.29) is 6.42 Å². The van der Waals surface area contributed by atoms with E-state index in [0.717, 1.165) is 21.0 Å². The largest absolute Gasteiger partial charge is 0.481 e. The Morgan fingerprint density at radius 2 is 2.00 bits per heavy atom. The number of hydrogen-bond donors (Lipinski definition) is 2. The predicted octanol–water partition coefficient (Wildman–Crippen LogP) is 2.13. The van der Waals surface area contributed by atoms with Gasteiger partial charge in [-0.05, 0) is 17.7 Å². The summed E-state index contributed by atoms with van der Waals surface area (Å²) in [6.45, 7) is 0. The van der Waals surface area contributed by atoms with Crippen molar-refractivity contribution < 1.29 is 9.90 Å². The fourth-order valence-corrected chi connectivity index (χ4v) is 2.63. The second kappa shape index (κ2) is 5.30. The third kappa shape index (κ3) is 2.62. The number of hydrogen-bond acceptors (Lipinski definition) is 5. The van der Waals surface area contributed by atoms with E-state index in [9.17, 15) is 4.79 Å². The molecule has 0 saturated heterocycles. The van der Waals surface area contributed by atoms with E-state index >= 15 is 0 Å². The number of carboxylic acids is 1. The zero-order valence-corrected chi connectivity index (χ0v) is 11.1. The van der Waals surface area contributed by atoms with Gasteiger partial charge in [-0.15, -0.1) is 0 Å². The molecule has 2 heterocycles. The number of fused-ring (bicyclic) bond motifs is 1. The average molecular weight is 286 g/mol. The minimum Gasteiger partial charge on any atom is -0.481 e. The summed E-state index contributed by atoms with van der Waals surface area (Å²) in [7, 11) is 0. The molecule has 6 nitrogen and oxygen atoms in total. The summed E-state index contributed by atoms with van der Waals surface area (Å²) < 4.78 is 0. The molecule has 0 amide bonds. The highest BCUT2D eigenvalue weighted by atomic mass is 32.2. The zero-order valence-electron chi connectivity index (χ0n) is 10.3. The molecule has 2 N–H and O–H groups in total. The molecule has 2 aromatic heterocycles. The smallest absolute Gasteiger partial charge is 0.307 e. The van der Waals surface area contributed by atoms with Crippen LogP contribution in [0.2, 0.25) is 0 Å². The lowest BCUT2D eigenvalue weighted by atomic mass is 10.2. The first kappa shape index (κ1) is 12.6. The maximum absolute atomic E-state index is 10.6. The molecule has 100 valence electrons. The number of carbonyl (C=O) groups is 1. The number of aromatic nitrogens is 4. The van der Waals surface area contributed by atoms with Crippen molar-refractivity contribution in [3.05, 3.63) is 42.5 Å². The lowest BCUT2D eigenvalue weighted by molar-refractivity contribution is -0.136. The van der Waals surface area contributed by atoms with Crippen LogP contribution in [0.25, 0.3) is 11.2 Å². The number of carboxylic acid groups (broad SMARTS) is 1. The van der Waals surface area contributed by atoms with E-state index in [2.05, 4.69) is 19.9 Å². The number of H-pyrrole nitrogens is 1. The molecule has 0 aliphatic carbocycles. The number of nitrogens with zero attached hydrogens (tertiary/aromatic N) is 3. The van der Waals surface area contributed by atoms with Crippen LogP contribution in [-0.2, 0) is 11.2 Å². The molecule has 0 bridgehead atoms. The van der Waals surface area contributed by atoms with Gasteiger partial charge in [-0.1, -0.05) is 23.9 Å². The molecule has 3 rings (SSSR count). The standard InChI is InChI=1S/C13H10N4O2S/c18-10(19)5-8-1-3-9(4-2-8)20-13-11-12(15-6-14-11)16-7-17-13/h1-4,6-7H,5H2,(H,18,19)(H,14,15,16,17).